The molecule has 0 fully saturated rings. The highest BCUT2D eigenvalue weighted by molar-refractivity contribution is 7.20. The lowest BCUT2D eigenvalue weighted by atomic mass is 10.1. The Hall–Kier alpha value is -3.20. The lowest BCUT2D eigenvalue weighted by Gasteiger charge is -2.16. The van der Waals surface area contributed by atoms with E-state index < -0.39 is 5.97 Å². The van der Waals surface area contributed by atoms with Crippen LogP contribution in [-0.2, 0) is 16.5 Å². The molecule has 0 spiro atoms. The Balaban J connectivity index is 2.25. The first-order valence-corrected chi connectivity index (χ1v) is 10.0. The Kier molecular flexibility index (Phi) is 8.11. The van der Waals surface area contributed by atoms with Gasteiger partial charge in [0.1, 0.15) is 5.76 Å². The van der Waals surface area contributed by atoms with E-state index in [2.05, 4.69) is 23.6 Å². The number of rotatable bonds is 10. The van der Waals surface area contributed by atoms with Gasteiger partial charge in [-0.25, -0.2) is 9.78 Å². The predicted octanol–water partition coefficient (Wildman–Crippen LogP) is 3.41. The first-order chi connectivity index (χ1) is 14.4. The number of esters is 1. The second kappa shape index (κ2) is 10.5. The number of methoxy groups -OCH3 is 2. The van der Waals surface area contributed by atoms with E-state index in [1.54, 1.807) is 36.0 Å². The van der Waals surface area contributed by atoms with Crippen LogP contribution in [0.15, 0.2) is 41.7 Å². The molecule has 0 aliphatic carbocycles. The van der Waals surface area contributed by atoms with Gasteiger partial charge >= 0.3 is 5.97 Å². The molecule has 8 nitrogen and oxygen atoms in total. The number of ether oxygens (including phenoxy) is 2. The fourth-order valence-electron chi connectivity index (χ4n) is 2.88. The molecule has 2 rings (SSSR count). The van der Waals surface area contributed by atoms with Crippen molar-refractivity contribution in [3.8, 4) is 0 Å². The minimum Gasteiger partial charge on any atom is -0.497 e. The highest BCUT2D eigenvalue weighted by atomic mass is 32.1. The number of carbonyl (C=O) groups is 2. The Labute approximate surface area is 179 Å². The molecule has 160 valence electrons. The third kappa shape index (κ3) is 5.24. The van der Waals surface area contributed by atoms with E-state index in [1.165, 1.54) is 18.4 Å². The maximum atomic E-state index is 11.8. The maximum absolute atomic E-state index is 11.8. The highest BCUT2D eigenvalue weighted by Gasteiger charge is 2.21. The Morgan fingerprint density at radius 2 is 2.13 bits per heavy atom. The molecule has 0 aliphatic heterocycles. The van der Waals surface area contributed by atoms with Crippen molar-refractivity contribution in [3.63, 3.8) is 0 Å². The van der Waals surface area contributed by atoms with Crippen molar-refractivity contribution in [1.82, 2.24) is 14.6 Å². The minimum atomic E-state index is -0.510. The zero-order chi connectivity index (χ0) is 22.3. The van der Waals surface area contributed by atoms with Crippen LogP contribution < -0.4 is 0 Å². The van der Waals surface area contributed by atoms with Crippen LogP contribution in [-0.4, -0.2) is 60.8 Å². The molecule has 0 saturated carbocycles. The molecule has 30 heavy (non-hydrogen) atoms. The van der Waals surface area contributed by atoms with Crippen molar-refractivity contribution in [2.45, 2.75) is 6.92 Å². The van der Waals surface area contributed by atoms with Gasteiger partial charge in [-0.15, -0.1) is 11.3 Å². The number of thiazole rings is 1. The van der Waals surface area contributed by atoms with Crippen LogP contribution in [0.3, 0.4) is 0 Å². The summed E-state index contributed by atoms with van der Waals surface area (Å²) in [7, 11) is 6.50. The van der Waals surface area contributed by atoms with E-state index in [9.17, 15) is 9.59 Å². The lowest BCUT2D eigenvalue weighted by Crippen LogP contribution is -2.18. The van der Waals surface area contributed by atoms with Crippen LogP contribution in [0.25, 0.3) is 10.3 Å². The number of fused-ring (bicyclic) bond motifs is 1. The van der Waals surface area contributed by atoms with E-state index in [-0.39, 0.29) is 10.9 Å². The molecule has 0 N–H and O–H groups in total. The standard InChI is InChI=1S/C21H26N4O4S/c1-7-8-9-15(28-5)10-14(2)12-24(3)22-11-16-17(13-26)25(4)19-18(16)30-20(23-19)21(27)29-6/h7-11,13-14H,1,12H2,2-6H3/b9-8-,15-10+,22-11-. The van der Waals surface area contributed by atoms with Crippen LogP contribution >= 0.6 is 11.3 Å². The molecule has 1 atom stereocenters. The maximum Gasteiger partial charge on any atom is 0.367 e. The molecule has 2 heterocycles. The third-order valence-corrected chi connectivity index (χ3v) is 5.36. The first kappa shape index (κ1) is 23.1. The molecular weight excluding hydrogens is 404 g/mol. The summed E-state index contributed by atoms with van der Waals surface area (Å²) < 4.78 is 12.4. The molecule has 0 saturated heterocycles. The van der Waals surface area contributed by atoms with Crippen molar-refractivity contribution >= 4 is 40.2 Å². The second-order valence-corrected chi connectivity index (χ2v) is 7.57. The summed E-state index contributed by atoms with van der Waals surface area (Å²) in [4.78, 5) is 27.7. The number of allylic oxidation sites excluding steroid dienone is 3. The van der Waals surface area contributed by atoms with Gasteiger partial charge in [0, 0.05) is 26.2 Å². The molecule has 2 aromatic rings. The summed E-state index contributed by atoms with van der Waals surface area (Å²) >= 11 is 1.17. The zero-order valence-corrected chi connectivity index (χ0v) is 18.6. The van der Waals surface area contributed by atoms with Crippen LogP contribution in [0.1, 0.15) is 32.8 Å². The Morgan fingerprint density at radius 1 is 1.40 bits per heavy atom. The van der Waals surface area contributed by atoms with E-state index in [0.29, 0.717) is 28.1 Å². The number of carbonyl (C=O) groups excluding carboxylic acids is 2. The normalized spacial score (nSPS) is 13.2. The molecule has 1 unspecified atom stereocenters. The highest BCUT2D eigenvalue weighted by Crippen LogP contribution is 2.29. The van der Waals surface area contributed by atoms with Crippen molar-refractivity contribution < 1.29 is 19.1 Å². The molecule has 0 amide bonds. The van der Waals surface area contributed by atoms with Crippen LogP contribution in [0.2, 0.25) is 0 Å². The molecule has 0 aliphatic rings. The van der Waals surface area contributed by atoms with Crippen LogP contribution in [0, 0.1) is 5.92 Å². The van der Waals surface area contributed by atoms with E-state index >= 15 is 0 Å². The first-order valence-electron chi connectivity index (χ1n) is 9.18. The van der Waals surface area contributed by atoms with Gasteiger partial charge in [0.15, 0.2) is 11.9 Å². The van der Waals surface area contributed by atoms with Crippen molar-refractivity contribution in [2.75, 3.05) is 27.8 Å². The van der Waals surface area contributed by atoms with Gasteiger partial charge in [-0.3, -0.25) is 9.80 Å². The minimum absolute atomic E-state index is 0.159. The number of aryl methyl sites for hydroxylation is 1. The monoisotopic (exact) mass is 430 g/mol. The van der Waals surface area contributed by atoms with Crippen molar-refractivity contribution in [2.24, 2.45) is 18.1 Å². The third-order valence-electron chi connectivity index (χ3n) is 4.30. The lowest BCUT2D eigenvalue weighted by molar-refractivity contribution is 0.0600. The Bertz CT molecular complexity index is 1020. The van der Waals surface area contributed by atoms with Gasteiger partial charge in [0.25, 0.3) is 0 Å². The summed E-state index contributed by atoms with van der Waals surface area (Å²) in [6.45, 7) is 6.33. The van der Waals surface area contributed by atoms with Crippen LogP contribution in [0.5, 0.6) is 0 Å². The summed E-state index contributed by atoms with van der Waals surface area (Å²) in [5.41, 5.74) is 1.61. The summed E-state index contributed by atoms with van der Waals surface area (Å²) in [6, 6.07) is 0. The number of nitrogens with zero attached hydrogens (tertiary/aromatic N) is 4. The average molecular weight is 431 g/mol. The smallest absolute Gasteiger partial charge is 0.367 e. The van der Waals surface area contributed by atoms with Gasteiger partial charge < -0.3 is 14.0 Å². The quantitative estimate of drug-likeness (QED) is 0.143. The van der Waals surface area contributed by atoms with Gasteiger partial charge in [-0.05, 0) is 18.1 Å². The molecule has 0 radical (unpaired) electrons. The van der Waals surface area contributed by atoms with Gasteiger partial charge in [-0.1, -0.05) is 25.7 Å². The summed E-state index contributed by atoms with van der Waals surface area (Å²) in [5, 5.41) is 6.48. The number of hydrogen-bond acceptors (Lipinski definition) is 8. The fraction of sp³-hybridized carbons (Fsp3) is 0.333. The topological polar surface area (TPSA) is 86.0 Å². The SMILES string of the molecule is C=C/C=C\C(=C/C(C)CN(C)/N=C\c1c(C=O)n(C)c2nc(C(=O)OC)sc12)OC. The van der Waals surface area contributed by atoms with Crippen LogP contribution in [0.4, 0.5) is 0 Å². The summed E-state index contributed by atoms with van der Waals surface area (Å²) in [6.07, 6.45) is 9.71. The van der Waals surface area contributed by atoms with E-state index in [1.807, 2.05) is 25.3 Å². The molecule has 0 aromatic carbocycles. The fourth-order valence-corrected chi connectivity index (χ4v) is 3.91. The zero-order valence-electron chi connectivity index (χ0n) is 17.8. The van der Waals surface area contributed by atoms with Gasteiger partial charge in [-0.2, -0.15) is 5.10 Å². The number of hydrogen-bond donors (Lipinski definition) is 0. The predicted molar refractivity (Wildman–Crippen MR) is 119 cm³/mol. The average Bonchev–Trinajstić information content (AvgIpc) is 3.27. The van der Waals surface area contributed by atoms with Gasteiger partial charge in [0.05, 0.1) is 30.8 Å². The molecule has 2 aromatic heterocycles. The number of hydrazone groups is 1. The summed E-state index contributed by atoms with van der Waals surface area (Å²) in [5.74, 6) is 0.393. The number of aldehydes is 1. The van der Waals surface area contributed by atoms with Crippen molar-refractivity contribution in [1.29, 1.82) is 0 Å². The van der Waals surface area contributed by atoms with Crippen molar-refractivity contribution in [3.05, 3.63) is 52.9 Å². The number of aromatic nitrogens is 2. The van der Waals surface area contributed by atoms with Gasteiger partial charge in [0.2, 0.25) is 5.01 Å². The second-order valence-electron chi connectivity index (χ2n) is 6.57. The van der Waals surface area contributed by atoms with E-state index in [4.69, 9.17) is 9.47 Å². The van der Waals surface area contributed by atoms with E-state index in [0.717, 1.165) is 12.0 Å². The Morgan fingerprint density at radius 3 is 2.73 bits per heavy atom. The molecular formula is C21H26N4O4S. The largest absolute Gasteiger partial charge is 0.497 e. The molecule has 0 bridgehead atoms. The molecule has 9 heteroatoms.